The summed E-state index contributed by atoms with van der Waals surface area (Å²) in [5.74, 6) is 0.248. The van der Waals surface area contributed by atoms with Gasteiger partial charge in [0.25, 0.3) is 10.0 Å². The molecule has 0 saturated heterocycles. The van der Waals surface area contributed by atoms with Gasteiger partial charge in [-0.15, -0.1) is 0 Å². The highest BCUT2D eigenvalue weighted by Crippen LogP contribution is 2.25. The molecule has 120 valence electrons. The summed E-state index contributed by atoms with van der Waals surface area (Å²) in [6.45, 7) is 8.36. The summed E-state index contributed by atoms with van der Waals surface area (Å²) in [6.07, 6.45) is 2.34. The predicted octanol–water partition coefficient (Wildman–Crippen LogP) is 1.64. The van der Waals surface area contributed by atoms with Crippen LogP contribution in [-0.4, -0.2) is 42.1 Å². The molecule has 1 saturated carbocycles. The molecule has 0 aromatic carbocycles. The van der Waals surface area contributed by atoms with Crippen LogP contribution >= 0.6 is 0 Å². The molecule has 2 rings (SSSR count). The molecule has 1 aromatic heterocycles. The molecule has 6 nitrogen and oxygen atoms in total. The van der Waals surface area contributed by atoms with E-state index >= 15 is 0 Å². The number of sulfonamides is 1. The SMILES string of the molecule is Cc1[nH]nc(S(=O)(=O)N(C)C(C)C(C)C)c1CNC1CC1. The second kappa shape index (κ2) is 6.06. The van der Waals surface area contributed by atoms with Crippen molar-refractivity contribution in [3.63, 3.8) is 0 Å². The Morgan fingerprint density at radius 2 is 2.00 bits per heavy atom. The van der Waals surface area contributed by atoms with Gasteiger partial charge in [0.05, 0.1) is 0 Å². The second-order valence-electron chi connectivity index (χ2n) is 6.29. The van der Waals surface area contributed by atoms with E-state index < -0.39 is 10.0 Å². The zero-order valence-corrected chi connectivity index (χ0v) is 14.3. The number of H-pyrrole nitrogens is 1. The van der Waals surface area contributed by atoms with Crippen molar-refractivity contribution in [1.29, 1.82) is 0 Å². The fraction of sp³-hybridized carbons (Fsp3) is 0.786. The zero-order valence-electron chi connectivity index (χ0n) is 13.5. The molecule has 7 heteroatoms. The highest BCUT2D eigenvalue weighted by atomic mass is 32.2. The molecule has 1 aliphatic rings. The van der Waals surface area contributed by atoms with Crippen molar-refractivity contribution in [3.05, 3.63) is 11.3 Å². The summed E-state index contributed by atoms with van der Waals surface area (Å²) >= 11 is 0. The highest BCUT2D eigenvalue weighted by Gasteiger charge is 2.32. The number of nitrogens with one attached hydrogen (secondary N) is 2. The van der Waals surface area contributed by atoms with E-state index in [0.717, 1.165) is 11.3 Å². The number of hydrogen-bond acceptors (Lipinski definition) is 4. The van der Waals surface area contributed by atoms with Gasteiger partial charge in [0.2, 0.25) is 0 Å². The predicted molar refractivity (Wildman–Crippen MR) is 82.4 cm³/mol. The minimum absolute atomic E-state index is 0.0729. The van der Waals surface area contributed by atoms with Gasteiger partial charge in [-0.05, 0) is 32.6 Å². The molecule has 0 radical (unpaired) electrons. The van der Waals surface area contributed by atoms with Crippen LogP contribution in [0.2, 0.25) is 0 Å². The Morgan fingerprint density at radius 3 is 2.52 bits per heavy atom. The van der Waals surface area contributed by atoms with E-state index in [1.807, 2.05) is 27.7 Å². The number of rotatable bonds is 7. The first-order valence-electron chi connectivity index (χ1n) is 7.50. The van der Waals surface area contributed by atoms with E-state index in [-0.39, 0.29) is 17.0 Å². The van der Waals surface area contributed by atoms with Gasteiger partial charge in [0, 0.05) is 36.9 Å². The average molecular weight is 314 g/mol. The van der Waals surface area contributed by atoms with Gasteiger partial charge in [0.1, 0.15) is 0 Å². The van der Waals surface area contributed by atoms with Crippen LogP contribution in [0.5, 0.6) is 0 Å². The smallest absolute Gasteiger partial charge is 0.262 e. The molecular weight excluding hydrogens is 288 g/mol. The first kappa shape index (κ1) is 16.5. The van der Waals surface area contributed by atoms with Gasteiger partial charge < -0.3 is 5.32 Å². The van der Waals surface area contributed by atoms with Gasteiger partial charge in [-0.1, -0.05) is 13.8 Å². The molecule has 1 heterocycles. The summed E-state index contributed by atoms with van der Waals surface area (Å²) in [6, 6.07) is 0.457. The van der Waals surface area contributed by atoms with Gasteiger partial charge in [-0.3, -0.25) is 5.10 Å². The maximum Gasteiger partial charge on any atom is 0.262 e. The monoisotopic (exact) mass is 314 g/mol. The molecular formula is C14H26N4O2S. The van der Waals surface area contributed by atoms with Crippen LogP contribution in [0, 0.1) is 12.8 Å². The van der Waals surface area contributed by atoms with E-state index in [9.17, 15) is 8.42 Å². The molecule has 1 aliphatic carbocycles. The third-order valence-corrected chi connectivity index (χ3v) is 6.26. The Balaban J connectivity index is 2.26. The van der Waals surface area contributed by atoms with Gasteiger partial charge in [0.15, 0.2) is 5.03 Å². The molecule has 1 unspecified atom stereocenters. The Labute approximate surface area is 127 Å². The second-order valence-corrected chi connectivity index (χ2v) is 8.21. The summed E-state index contributed by atoms with van der Waals surface area (Å²) in [5.41, 5.74) is 1.57. The van der Waals surface area contributed by atoms with Crippen molar-refractivity contribution in [2.24, 2.45) is 5.92 Å². The molecule has 0 aliphatic heterocycles. The van der Waals surface area contributed by atoms with Gasteiger partial charge in [-0.2, -0.15) is 9.40 Å². The lowest BCUT2D eigenvalue weighted by molar-refractivity contribution is 0.314. The summed E-state index contributed by atoms with van der Waals surface area (Å²) in [7, 11) is -1.94. The topological polar surface area (TPSA) is 78.1 Å². The lowest BCUT2D eigenvalue weighted by Crippen LogP contribution is -2.39. The van der Waals surface area contributed by atoms with Crippen molar-refractivity contribution in [2.75, 3.05) is 7.05 Å². The highest BCUT2D eigenvalue weighted by molar-refractivity contribution is 7.89. The van der Waals surface area contributed by atoms with Crippen LogP contribution in [0.15, 0.2) is 5.03 Å². The Bertz CT molecular complexity index is 590. The van der Waals surface area contributed by atoms with Crippen molar-refractivity contribution in [3.8, 4) is 0 Å². The van der Waals surface area contributed by atoms with Crippen LogP contribution in [0.4, 0.5) is 0 Å². The van der Waals surface area contributed by atoms with Crippen molar-refractivity contribution >= 4 is 10.0 Å². The van der Waals surface area contributed by atoms with E-state index in [4.69, 9.17) is 0 Å². The maximum atomic E-state index is 12.8. The third kappa shape index (κ3) is 3.46. The van der Waals surface area contributed by atoms with E-state index in [2.05, 4.69) is 15.5 Å². The van der Waals surface area contributed by atoms with Crippen LogP contribution in [0.25, 0.3) is 0 Å². The zero-order chi connectivity index (χ0) is 15.8. The molecule has 21 heavy (non-hydrogen) atoms. The molecule has 2 N–H and O–H groups in total. The maximum absolute atomic E-state index is 12.8. The minimum atomic E-state index is -3.57. The molecule has 0 amide bonds. The van der Waals surface area contributed by atoms with Crippen LogP contribution in [0.1, 0.15) is 44.9 Å². The Morgan fingerprint density at radius 1 is 1.38 bits per heavy atom. The third-order valence-electron chi connectivity index (χ3n) is 4.34. The first-order chi connectivity index (χ1) is 9.75. The largest absolute Gasteiger partial charge is 0.310 e. The number of aryl methyl sites for hydroxylation is 1. The summed E-state index contributed by atoms with van der Waals surface area (Å²) < 4.78 is 27.0. The number of aromatic nitrogens is 2. The van der Waals surface area contributed by atoms with E-state index in [1.54, 1.807) is 7.05 Å². The van der Waals surface area contributed by atoms with Gasteiger partial charge >= 0.3 is 0 Å². The van der Waals surface area contributed by atoms with Crippen LogP contribution in [-0.2, 0) is 16.6 Å². The fourth-order valence-corrected chi connectivity index (χ4v) is 3.81. The first-order valence-corrected chi connectivity index (χ1v) is 8.94. The van der Waals surface area contributed by atoms with Crippen molar-refractivity contribution in [2.45, 2.75) is 64.2 Å². The lowest BCUT2D eigenvalue weighted by atomic mass is 10.1. The minimum Gasteiger partial charge on any atom is -0.310 e. The molecule has 0 bridgehead atoms. The van der Waals surface area contributed by atoms with E-state index in [1.165, 1.54) is 17.1 Å². The molecule has 1 fully saturated rings. The Kier molecular flexibility index (Phi) is 4.75. The van der Waals surface area contributed by atoms with Crippen LogP contribution < -0.4 is 5.32 Å². The standard InChI is InChI=1S/C14H26N4O2S/c1-9(2)11(4)18(5)21(19,20)14-13(10(3)16-17-14)8-15-12-6-7-12/h9,11-12,15H,6-8H2,1-5H3,(H,16,17). The van der Waals surface area contributed by atoms with Crippen molar-refractivity contribution in [1.82, 2.24) is 19.8 Å². The van der Waals surface area contributed by atoms with E-state index in [0.29, 0.717) is 12.6 Å². The van der Waals surface area contributed by atoms with Crippen LogP contribution in [0.3, 0.4) is 0 Å². The number of nitrogens with zero attached hydrogens (tertiary/aromatic N) is 2. The molecule has 1 aromatic rings. The number of hydrogen-bond donors (Lipinski definition) is 2. The van der Waals surface area contributed by atoms with Gasteiger partial charge in [-0.25, -0.2) is 8.42 Å². The lowest BCUT2D eigenvalue weighted by Gasteiger charge is -2.26. The quantitative estimate of drug-likeness (QED) is 0.802. The number of aromatic amines is 1. The average Bonchev–Trinajstić information content (AvgIpc) is 3.17. The summed E-state index contributed by atoms with van der Waals surface area (Å²) in [4.78, 5) is 0. The molecule has 0 spiro atoms. The fourth-order valence-electron chi connectivity index (χ4n) is 2.16. The Hall–Kier alpha value is -0.920. The van der Waals surface area contributed by atoms with Crippen molar-refractivity contribution < 1.29 is 8.42 Å². The summed E-state index contributed by atoms with van der Waals surface area (Å²) in [5, 5.41) is 10.4. The molecule has 1 atom stereocenters. The normalized spacial score (nSPS) is 17.7.